The first-order valence-electron chi connectivity index (χ1n) is 7.29. The van der Waals surface area contributed by atoms with Crippen LogP contribution < -0.4 is 10.2 Å². The van der Waals surface area contributed by atoms with Crippen LogP contribution in [-0.2, 0) is 0 Å². The second kappa shape index (κ2) is 7.41. The lowest BCUT2D eigenvalue weighted by Gasteiger charge is -2.21. The Balaban J connectivity index is 2.55. The Bertz CT molecular complexity index is 681. The molecule has 114 valence electrons. The molecule has 0 amide bonds. The number of aromatic nitrogens is 2. The van der Waals surface area contributed by atoms with E-state index in [2.05, 4.69) is 54.1 Å². The number of nitrogens with zero attached hydrogens (tertiary/aromatic N) is 3. The van der Waals surface area contributed by atoms with Crippen LogP contribution >= 0.6 is 0 Å². The Morgan fingerprint density at radius 1 is 1.09 bits per heavy atom. The van der Waals surface area contributed by atoms with Crippen molar-refractivity contribution in [1.29, 1.82) is 0 Å². The normalized spacial score (nSPS) is 10.2. The van der Waals surface area contributed by atoms with E-state index in [0.29, 0.717) is 25.6 Å². The quantitative estimate of drug-likeness (QED) is 0.753. The van der Waals surface area contributed by atoms with Crippen molar-refractivity contribution in [1.82, 2.24) is 9.97 Å². The molecule has 1 N–H and O–H groups in total. The van der Waals surface area contributed by atoms with Crippen molar-refractivity contribution in [3.63, 3.8) is 0 Å². The molecular weight excluding hydrogens is 272 g/mol. The highest BCUT2D eigenvalue weighted by Crippen LogP contribution is 2.24. The number of fused-ring (bicyclic) bond motifs is 1. The number of nitrogens with one attached hydrogen (secondary N) is 1. The second-order valence-electron chi connectivity index (χ2n) is 5.04. The first-order chi connectivity index (χ1) is 10.7. The Kier molecular flexibility index (Phi) is 5.31. The maximum atomic E-state index is 4.68. The number of benzene rings is 1. The number of hydrogen-bond donors (Lipinski definition) is 1. The van der Waals surface area contributed by atoms with Gasteiger partial charge in [0.2, 0.25) is 5.95 Å². The van der Waals surface area contributed by atoms with Crippen LogP contribution in [-0.4, -0.2) is 29.6 Å². The Morgan fingerprint density at radius 3 is 2.45 bits per heavy atom. The molecule has 4 heteroatoms. The molecule has 2 rings (SSSR count). The molecule has 0 radical (unpaired) electrons. The van der Waals surface area contributed by atoms with Gasteiger partial charge in [0.15, 0.2) is 0 Å². The fourth-order valence-corrected chi connectivity index (χ4v) is 2.22. The monoisotopic (exact) mass is 294 g/mol. The highest BCUT2D eigenvalue weighted by Gasteiger charge is 2.12. The fourth-order valence-electron chi connectivity index (χ4n) is 2.22. The number of rotatable bonds is 8. The van der Waals surface area contributed by atoms with Gasteiger partial charge in [0.05, 0.1) is 5.52 Å². The smallest absolute Gasteiger partial charge is 0.228 e. The maximum absolute atomic E-state index is 4.68. The van der Waals surface area contributed by atoms with Crippen molar-refractivity contribution in [2.75, 3.05) is 29.9 Å². The molecule has 1 aromatic heterocycles. The van der Waals surface area contributed by atoms with Crippen molar-refractivity contribution in [2.24, 2.45) is 0 Å². The van der Waals surface area contributed by atoms with Crippen LogP contribution in [0.4, 0.5) is 11.8 Å². The van der Waals surface area contributed by atoms with Gasteiger partial charge in [0.25, 0.3) is 0 Å². The zero-order chi connectivity index (χ0) is 15.9. The summed E-state index contributed by atoms with van der Waals surface area (Å²) in [7, 11) is 0. The van der Waals surface area contributed by atoms with E-state index in [4.69, 9.17) is 0 Å². The fraction of sp³-hybridized carbons (Fsp3) is 0.222. The lowest BCUT2D eigenvalue weighted by molar-refractivity contribution is 0.898. The minimum absolute atomic E-state index is 0.655. The third kappa shape index (κ3) is 3.52. The minimum Gasteiger partial charge on any atom is -0.366 e. The summed E-state index contributed by atoms with van der Waals surface area (Å²) in [5, 5.41) is 4.31. The van der Waals surface area contributed by atoms with Crippen LogP contribution in [0.2, 0.25) is 0 Å². The third-order valence-electron chi connectivity index (χ3n) is 3.24. The zero-order valence-electron chi connectivity index (χ0n) is 13.0. The van der Waals surface area contributed by atoms with Gasteiger partial charge in [-0.3, -0.25) is 0 Å². The van der Waals surface area contributed by atoms with Gasteiger partial charge in [-0.15, -0.1) is 19.7 Å². The molecule has 0 fully saturated rings. The maximum Gasteiger partial charge on any atom is 0.228 e. The summed E-state index contributed by atoms with van der Waals surface area (Å²) in [5.41, 5.74) is 2.10. The summed E-state index contributed by atoms with van der Waals surface area (Å²) in [5.74, 6) is 1.49. The van der Waals surface area contributed by atoms with Gasteiger partial charge < -0.3 is 10.2 Å². The highest BCUT2D eigenvalue weighted by atomic mass is 15.3. The molecule has 0 bridgehead atoms. The highest BCUT2D eigenvalue weighted by molar-refractivity contribution is 5.90. The summed E-state index contributed by atoms with van der Waals surface area (Å²) >= 11 is 0. The molecular formula is C18H22N4. The predicted molar refractivity (Wildman–Crippen MR) is 95.6 cm³/mol. The molecule has 0 aliphatic carbocycles. The van der Waals surface area contributed by atoms with Crippen molar-refractivity contribution in [2.45, 2.75) is 6.92 Å². The van der Waals surface area contributed by atoms with E-state index in [0.717, 1.165) is 16.7 Å². The molecule has 2 aromatic rings. The van der Waals surface area contributed by atoms with Crippen molar-refractivity contribution >= 4 is 22.7 Å². The SMILES string of the molecule is C=CCNc1nc(N(CC=C)CC=C)nc2ccc(C)cc12. The average Bonchev–Trinajstić information content (AvgIpc) is 2.52. The van der Waals surface area contributed by atoms with Gasteiger partial charge in [-0.1, -0.05) is 29.9 Å². The van der Waals surface area contributed by atoms with E-state index in [9.17, 15) is 0 Å². The standard InChI is InChI=1S/C18H22N4/c1-5-10-19-17-15-13-14(4)8-9-16(15)20-18(21-17)22(11-6-2)12-7-3/h5-9,13H,1-3,10-12H2,4H3,(H,19,20,21). The van der Waals surface area contributed by atoms with Gasteiger partial charge in [0.1, 0.15) is 5.82 Å². The topological polar surface area (TPSA) is 41.1 Å². The van der Waals surface area contributed by atoms with Gasteiger partial charge in [0, 0.05) is 25.0 Å². The lowest BCUT2D eigenvalue weighted by atomic mass is 10.1. The van der Waals surface area contributed by atoms with E-state index in [1.165, 1.54) is 5.56 Å². The third-order valence-corrected chi connectivity index (χ3v) is 3.24. The summed E-state index contributed by atoms with van der Waals surface area (Å²) in [6, 6.07) is 6.17. The van der Waals surface area contributed by atoms with E-state index < -0.39 is 0 Å². The first-order valence-corrected chi connectivity index (χ1v) is 7.29. The molecule has 4 nitrogen and oxygen atoms in total. The molecule has 0 aliphatic heterocycles. The zero-order valence-corrected chi connectivity index (χ0v) is 13.0. The van der Waals surface area contributed by atoms with Gasteiger partial charge >= 0.3 is 0 Å². The number of hydrogen-bond acceptors (Lipinski definition) is 4. The van der Waals surface area contributed by atoms with Gasteiger partial charge in [-0.2, -0.15) is 4.98 Å². The van der Waals surface area contributed by atoms with E-state index in [1.54, 1.807) is 0 Å². The molecule has 1 aromatic carbocycles. The summed E-state index contributed by atoms with van der Waals surface area (Å²) in [4.78, 5) is 11.4. The Morgan fingerprint density at radius 2 is 1.82 bits per heavy atom. The second-order valence-corrected chi connectivity index (χ2v) is 5.04. The van der Waals surface area contributed by atoms with Gasteiger partial charge in [-0.25, -0.2) is 4.98 Å². The number of anilines is 2. The van der Waals surface area contributed by atoms with E-state index in [-0.39, 0.29) is 0 Å². The molecule has 1 heterocycles. The Hall–Kier alpha value is -2.62. The summed E-state index contributed by atoms with van der Waals surface area (Å²) in [6.45, 7) is 15.4. The largest absolute Gasteiger partial charge is 0.366 e. The van der Waals surface area contributed by atoms with Crippen molar-refractivity contribution < 1.29 is 0 Å². The van der Waals surface area contributed by atoms with Crippen LogP contribution in [0.5, 0.6) is 0 Å². The van der Waals surface area contributed by atoms with E-state index >= 15 is 0 Å². The van der Waals surface area contributed by atoms with Crippen molar-refractivity contribution in [3.05, 3.63) is 61.7 Å². The molecule has 0 atom stereocenters. The van der Waals surface area contributed by atoms with Crippen LogP contribution in [0.25, 0.3) is 10.9 Å². The molecule has 0 spiro atoms. The summed E-state index contributed by atoms with van der Waals surface area (Å²) in [6.07, 6.45) is 5.49. The number of aryl methyl sites for hydroxylation is 1. The van der Waals surface area contributed by atoms with Crippen LogP contribution in [0, 0.1) is 6.92 Å². The molecule has 0 unspecified atom stereocenters. The van der Waals surface area contributed by atoms with Crippen LogP contribution in [0.15, 0.2) is 56.2 Å². The molecule has 0 saturated heterocycles. The lowest BCUT2D eigenvalue weighted by Crippen LogP contribution is -2.25. The minimum atomic E-state index is 0.655. The predicted octanol–water partition coefficient (Wildman–Crippen LogP) is 3.71. The Labute approximate surface area is 131 Å². The summed E-state index contributed by atoms with van der Waals surface area (Å²) < 4.78 is 0. The van der Waals surface area contributed by atoms with Gasteiger partial charge in [-0.05, 0) is 19.1 Å². The van der Waals surface area contributed by atoms with Crippen LogP contribution in [0.3, 0.4) is 0 Å². The van der Waals surface area contributed by atoms with Crippen molar-refractivity contribution in [3.8, 4) is 0 Å². The van der Waals surface area contributed by atoms with Crippen LogP contribution in [0.1, 0.15) is 5.56 Å². The average molecular weight is 294 g/mol. The molecule has 22 heavy (non-hydrogen) atoms. The molecule has 0 aliphatic rings. The molecule has 0 saturated carbocycles. The van der Waals surface area contributed by atoms with E-state index in [1.807, 2.05) is 29.2 Å². The first kappa shape index (κ1) is 15.8.